The monoisotopic (exact) mass is 276 g/mol. The quantitative estimate of drug-likeness (QED) is 0.907. The fourth-order valence-electron chi connectivity index (χ4n) is 2.16. The summed E-state index contributed by atoms with van der Waals surface area (Å²) in [6.45, 7) is 0.414. The van der Waals surface area contributed by atoms with Gasteiger partial charge in [-0.2, -0.15) is 0 Å². The molecule has 2 aromatic rings. The zero-order valence-corrected chi connectivity index (χ0v) is 10.8. The second-order valence-electron chi connectivity index (χ2n) is 4.19. The standard InChI is InChI=1S/C13H12N2O3S/c14-19(16,17)13-11-5-2-1-4-10(11)6-7-12(13)15-8-3-9-18-15/h1-8H,9H2,(H2,14,16,17). The summed E-state index contributed by atoms with van der Waals surface area (Å²) >= 11 is 0. The third-order valence-electron chi connectivity index (χ3n) is 2.93. The first-order valence-corrected chi connectivity index (χ1v) is 7.25. The van der Waals surface area contributed by atoms with Gasteiger partial charge in [0.25, 0.3) is 0 Å². The van der Waals surface area contributed by atoms with Gasteiger partial charge in [0.1, 0.15) is 4.90 Å². The van der Waals surface area contributed by atoms with Crippen molar-refractivity contribution in [2.45, 2.75) is 4.90 Å². The molecule has 2 aromatic carbocycles. The fourth-order valence-corrected chi connectivity index (χ4v) is 3.10. The summed E-state index contributed by atoms with van der Waals surface area (Å²) in [6.07, 6.45) is 3.47. The van der Waals surface area contributed by atoms with E-state index in [-0.39, 0.29) is 4.90 Å². The SMILES string of the molecule is NS(=O)(=O)c1c(N2C=CCO2)ccc2ccccc12. The first-order valence-electron chi connectivity index (χ1n) is 5.71. The highest BCUT2D eigenvalue weighted by molar-refractivity contribution is 7.89. The van der Waals surface area contributed by atoms with E-state index in [4.69, 9.17) is 9.98 Å². The van der Waals surface area contributed by atoms with Gasteiger partial charge in [-0.3, -0.25) is 4.84 Å². The van der Waals surface area contributed by atoms with Gasteiger partial charge in [-0.1, -0.05) is 30.3 Å². The average Bonchev–Trinajstić information content (AvgIpc) is 2.90. The van der Waals surface area contributed by atoms with Crippen molar-refractivity contribution < 1.29 is 13.3 Å². The van der Waals surface area contributed by atoms with E-state index < -0.39 is 10.0 Å². The summed E-state index contributed by atoms with van der Waals surface area (Å²) in [7, 11) is -3.85. The lowest BCUT2D eigenvalue weighted by atomic mass is 10.1. The van der Waals surface area contributed by atoms with Gasteiger partial charge >= 0.3 is 0 Å². The van der Waals surface area contributed by atoms with Crippen molar-refractivity contribution in [3.05, 3.63) is 48.7 Å². The lowest BCUT2D eigenvalue weighted by molar-refractivity contribution is 0.178. The molecule has 0 fully saturated rings. The van der Waals surface area contributed by atoms with E-state index in [0.717, 1.165) is 5.39 Å². The molecular formula is C13H12N2O3S. The summed E-state index contributed by atoms with van der Waals surface area (Å²) in [5.74, 6) is 0. The smallest absolute Gasteiger partial charge is 0.240 e. The molecule has 0 atom stereocenters. The number of sulfonamides is 1. The maximum atomic E-state index is 11.9. The molecule has 3 rings (SSSR count). The molecule has 1 aliphatic rings. The van der Waals surface area contributed by atoms with Crippen molar-refractivity contribution in [1.29, 1.82) is 0 Å². The Labute approximate surface area is 110 Å². The molecule has 5 nitrogen and oxygen atoms in total. The van der Waals surface area contributed by atoms with Gasteiger partial charge in [0.05, 0.1) is 12.3 Å². The zero-order valence-electron chi connectivity index (χ0n) is 9.98. The molecule has 0 bridgehead atoms. The third kappa shape index (κ3) is 2.10. The van der Waals surface area contributed by atoms with Crippen LogP contribution in [0.3, 0.4) is 0 Å². The normalized spacial score (nSPS) is 15.3. The first kappa shape index (κ1) is 12.2. The molecule has 0 radical (unpaired) electrons. The van der Waals surface area contributed by atoms with E-state index in [9.17, 15) is 8.42 Å². The van der Waals surface area contributed by atoms with Crippen LogP contribution in [-0.2, 0) is 14.9 Å². The van der Waals surface area contributed by atoms with Crippen LogP contribution in [0.4, 0.5) is 5.69 Å². The summed E-state index contributed by atoms with van der Waals surface area (Å²) in [5.41, 5.74) is 0.426. The minimum Gasteiger partial charge on any atom is -0.265 e. The van der Waals surface area contributed by atoms with Gasteiger partial charge < -0.3 is 0 Å². The average molecular weight is 276 g/mol. The molecule has 1 aliphatic heterocycles. The number of hydroxylamine groups is 1. The Morgan fingerprint density at radius 3 is 2.63 bits per heavy atom. The maximum Gasteiger partial charge on any atom is 0.240 e. The van der Waals surface area contributed by atoms with Crippen molar-refractivity contribution in [3.63, 3.8) is 0 Å². The van der Waals surface area contributed by atoms with Crippen LogP contribution in [0.2, 0.25) is 0 Å². The van der Waals surface area contributed by atoms with Gasteiger partial charge in [0, 0.05) is 11.6 Å². The summed E-state index contributed by atoms with van der Waals surface area (Å²) in [4.78, 5) is 5.41. The van der Waals surface area contributed by atoms with E-state index in [1.807, 2.05) is 18.2 Å². The number of anilines is 1. The molecule has 0 aromatic heterocycles. The van der Waals surface area contributed by atoms with Gasteiger partial charge in [0.2, 0.25) is 10.0 Å². The predicted molar refractivity (Wildman–Crippen MR) is 72.9 cm³/mol. The predicted octanol–water partition coefficient (Wildman–Crippen LogP) is 1.75. The number of hydrogen-bond acceptors (Lipinski definition) is 4. The lowest BCUT2D eigenvalue weighted by Gasteiger charge is -2.19. The second kappa shape index (κ2) is 4.34. The highest BCUT2D eigenvalue weighted by Gasteiger charge is 2.22. The van der Waals surface area contributed by atoms with Crippen molar-refractivity contribution in [2.75, 3.05) is 11.7 Å². The molecule has 1 heterocycles. The van der Waals surface area contributed by atoms with Crippen LogP contribution < -0.4 is 10.2 Å². The summed E-state index contributed by atoms with van der Waals surface area (Å²) in [6, 6.07) is 10.7. The van der Waals surface area contributed by atoms with Gasteiger partial charge in [0.15, 0.2) is 0 Å². The molecule has 0 saturated heterocycles. The Bertz CT molecular complexity index is 769. The fraction of sp³-hybridized carbons (Fsp3) is 0.0769. The number of rotatable bonds is 2. The van der Waals surface area contributed by atoms with Crippen molar-refractivity contribution in [1.82, 2.24) is 0 Å². The molecule has 0 amide bonds. The number of hydrogen-bond donors (Lipinski definition) is 1. The topological polar surface area (TPSA) is 72.6 Å². The van der Waals surface area contributed by atoms with E-state index in [1.54, 1.807) is 30.5 Å². The Hall–Kier alpha value is -1.89. The van der Waals surface area contributed by atoms with Gasteiger partial charge in [-0.25, -0.2) is 18.6 Å². The molecule has 0 aliphatic carbocycles. The van der Waals surface area contributed by atoms with E-state index in [1.165, 1.54) is 5.06 Å². The minimum absolute atomic E-state index is 0.0807. The molecule has 6 heteroatoms. The van der Waals surface area contributed by atoms with Crippen LogP contribution in [0.25, 0.3) is 10.8 Å². The van der Waals surface area contributed by atoms with E-state index in [0.29, 0.717) is 17.7 Å². The summed E-state index contributed by atoms with van der Waals surface area (Å²) < 4.78 is 23.8. The van der Waals surface area contributed by atoms with Crippen LogP contribution in [0.15, 0.2) is 53.6 Å². The zero-order chi connectivity index (χ0) is 13.5. The number of fused-ring (bicyclic) bond motifs is 1. The Morgan fingerprint density at radius 1 is 1.16 bits per heavy atom. The van der Waals surface area contributed by atoms with Crippen LogP contribution in [0, 0.1) is 0 Å². The second-order valence-corrected chi connectivity index (χ2v) is 5.68. The van der Waals surface area contributed by atoms with Crippen molar-refractivity contribution >= 4 is 26.5 Å². The van der Waals surface area contributed by atoms with E-state index >= 15 is 0 Å². The molecule has 0 saturated carbocycles. The highest BCUT2D eigenvalue weighted by atomic mass is 32.2. The highest BCUT2D eigenvalue weighted by Crippen LogP contribution is 2.33. The van der Waals surface area contributed by atoms with Crippen LogP contribution in [-0.4, -0.2) is 15.0 Å². The number of primary sulfonamides is 1. The van der Waals surface area contributed by atoms with Gasteiger partial charge in [-0.05, 0) is 17.5 Å². The van der Waals surface area contributed by atoms with Crippen molar-refractivity contribution in [3.8, 4) is 0 Å². The molecule has 2 N–H and O–H groups in total. The largest absolute Gasteiger partial charge is 0.265 e. The van der Waals surface area contributed by atoms with E-state index in [2.05, 4.69) is 0 Å². The Morgan fingerprint density at radius 2 is 1.95 bits per heavy atom. The summed E-state index contributed by atoms with van der Waals surface area (Å²) in [5, 5.41) is 8.19. The number of nitrogens with zero attached hydrogens (tertiary/aromatic N) is 1. The Kier molecular flexibility index (Phi) is 2.78. The molecule has 19 heavy (non-hydrogen) atoms. The molecule has 0 unspecified atom stereocenters. The van der Waals surface area contributed by atoms with Gasteiger partial charge in [-0.15, -0.1) is 0 Å². The van der Waals surface area contributed by atoms with Crippen molar-refractivity contribution in [2.24, 2.45) is 5.14 Å². The molecule has 0 spiro atoms. The third-order valence-corrected chi connectivity index (χ3v) is 3.93. The molecular weight excluding hydrogens is 264 g/mol. The minimum atomic E-state index is -3.85. The maximum absolute atomic E-state index is 11.9. The Balaban J connectivity index is 2.36. The number of benzene rings is 2. The number of nitrogens with two attached hydrogens (primary N) is 1. The first-order chi connectivity index (χ1) is 9.07. The van der Waals surface area contributed by atoms with Crippen LogP contribution >= 0.6 is 0 Å². The van der Waals surface area contributed by atoms with Crippen LogP contribution in [0.5, 0.6) is 0 Å². The lowest BCUT2D eigenvalue weighted by Crippen LogP contribution is -2.19. The van der Waals surface area contributed by atoms with Crippen LogP contribution in [0.1, 0.15) is 0 Å². The molecule has 98 valence electrons.